The zero-order chi connectivity index (χ0) is 15.5. The quantitative estimate of drug-likeness (QED) is 0.947. The van der Waals surface area contributed by atoms with E-state index in [4.69, 9.17) is 4.42 Å². The summed E-state index contributed by atoms with van der Waals surface area (Å²) >= 11 is 0. The maximum atomic E-state index is 13.3. The lowest BCUT2D eigenvalue weighted by atomic mass is 9.89. The number of amides is 1. The molecule has 0 unspecified atom stereocenters. The van der Waals surface area contributed by atoms with Crippen molar-refractivity contribution in [1.82, 2.24) is 5.32 Å². The van der Waals surface area contributed by atoms with Crippen LogP contribution in [0, 0.1) is 11.7 Å². The third kappa shape index (κ3) is 3.18. The highest BCUT2D eigenvalue weighted by Gasteiger charge is 2.17. The highest BCUT2D eigenvalue weighted by atomic mass is 19.1. The fraction of sp³-hybridized carbons (Fsp3) is 0.412. The highest BCUT2D eigenvalue weighted by molar-refractivity contribution is 5.95. The lowest BCUT2D eigenvalue weighted by Crippen LogP contribution is -2.30. The maximum Gasteiger partial charge on any atom is 0.344 e. The average Bonchev–Trinajstić information content (AvgIpc) is 2.53. The normalized spacial score (nSPS) is 15.9. The van der Waals surface area contributed by atoms with Gasteiger partial charge in [0.2, 0.25) is 0 Å². The van der Waals surface area contributed by atoms with Gasteiger partial charge in [0, 0.05) is 6.54 Å². The molecule has 1 amide bonds. The van der Waals surface area contributed by atoms with E-state index >= 15 is 0 Å². The maximum absolute atomic E-state index is 13.3. The number of rotatable bonds is 3. The number of carbonyl (C=O) groups excluding carboxylic acids is 1. The fourth-order valence-electron chi connectivity index (χ4n) is 2.99. The van der Waals surface area contributed by atoms with Gasteiger partial charge in [-0.15, -0.1) is 0 Å². The van der Waals surface area contributed by atoms with Crippen LogP contribution in [0.5, 0.6) is 0 Å². The Kier molecular flexibility index (Phi) is 4.22. The number of hydrogen-bond donors (Lipinski definition) is 1. The minimum atomic E-state index is -0.625. The molecule has 1 aliphatic carbocycles. The van der Waals surface area contributed by atoms with Crippen LogP contribution in [0.1, 0.15) is 42.7 Å². The predicted molar refractivity (Wildman–Crippen MR) is 81.4 cm³/mol. The molecule has 1 aromatic carbocycles. The zero-order valence-electron chi connectivity index (χ0n) is 12.2. The van der Waals surface area contributed by atoms with Crippen LogP contribution in [0.4, 0.5) is 4.39 Å². The summed E-state index contributed by atoms with van der Waals surface area (Å²) in [6.45, 7) is 0.587. The summed E-state index contributed by atoms with van der Waals surface area (Å²) < 4.78 is 18.3. The molecule has 1 N–H and O–H groups in total. The summed E-state index contributed by atoms with van der Waals surface area (Å²) in [4.78, 5) is 24.0. The van der Waals surface area contributed by atoms with Crippen molar-refractivity contribution in [2.45, 2.75) is 32.1 Å². The molecule has 116 valence electrons. The molecule has 1 heterocycles. The third-order valence-electron chi connectivity index (χ3n) is 4.22. The molecular formula is C17H18FNO3. The Labute approximate surface area is 127 Å². The molecule has 0 saturated heterocycles. The van der Waals surface area contributed by atoms with E-state index in [0.29, 0.717) is 17.8 Å². The monoisotopic (exact) mass is 303 g/mol. The Balaban J connectivity index is 1.77. The second kappa shape index (κ2) is 6.30. The van der Waals surface area contributed by atoms with E-state index in [2.05, 4.69) is 5.32 Å². The average molecular weight is 303 g/mol. The van der Waals surface area contributed by atoms with Crippen molar-refractivity contribution in [2.24, 2.45) is 5.92 Å². The van der Waals surface area contributed by atoms with Crippen molar-refractivity contribution in [3.05, 3.63) is 46.3 Å². The molecule has 4 nitrogen and oxygen atoms in total. The van der Waals surface area contributed by atoms with Gasteiger partial charge in [-0.3, -0.25) is 4.79 Å². The van der Waals surface area contributed by atoms with Crippen molar-refractivity contribution in [1.29, 1.82) is 0 Å². The van der Waals surface area contributed by atoms with Crippen LogP contribution in [0.3, 0.4) is 0 Å². The molecule has 2 aromatic rings. The van der Waals surface area contributed by atoms with E-state index in [9.17, 15) is 14.0 Å². The van der Waals surface area contributed by atoms with Gasteiger partial charge >= 0.3 is 5.63 Å². The van der Waals surface area contributed by atoms with Gasteiger partial charge in [0.15, 0.2) is 5.76 Å². The van der Waals surface area contributed by atoms with E-state index in [0.717, 1.165) is 12.8 Å². The lowest BCUT2D eigenvalue weighted by Gasteiger charge is -2.21. The summed E-state index contributed by atoms with van der Waals surface area (Å²) in [6.07, 6.45) is 5.89. The molecule has 0 radical (unpaired) electrons. The Morgan fingerprint density at radius 2 is 2.00 bits per heavy atom. The van der Waals surface area contributed by atoms with Crippen LogP contribution in [0.2, 0.25) is 0 Å². The highest BCUT2D eigenvalue weighted by Crippen LogP contribution is 2.23. The number of carbonyl (C=O) groups is 1. The second-order valence-corrected chi connectivity index (χ2v) is 5.84. The van der Waals surface area contributed by atoms with Gasteiger partial charge in [0.05, 0.1) is 5.39 Å². The number of halogens is 1. The molecule has 1 fully saturated rings. The minimum Gasteiger partial charge on any atom is -0.417 e. The molecule has 0 aliphatic heterocycles. The molecule has 0 spiro atoms. The van der Waals surface area contributed by atoms with E-state index in [1.165, 1.54) is 43.5 Å². The Morgan fingerprint density at radius 3 is 2.77 bits per heavy atom. The molecule has 5 heteroatoms. The van der Waals surface area contributed by atoms with Crippen LogP contribution in [0.25, 0.3) is 10.8 Å². The van der Waals surface area contributed by atoms with Crippen LogP contribution in [-0.2, 0) is 0 Å². The number of fused-ring (bicyclic) bond motifs is 1. The number of nitrogens with one attached hydrogen (secondary N) is 1. The largest absolute Gasteiger partial charge is 0.417 e. The Morgan fingerprint density at radius 1 is 1.23 bits per heavy atom. The van der Waals surface area contributed by atoms with E-state index in [1.807, 2.05) is 0 Å². The molecule has 22 heavy (non-hydrogen) atoms. The summed E-state index contributed by atoms with van der Waals surface area (Å²) in [5.74, 6) is -0.457. The Hall–Kier alpha value is -2.17. The van der Waals surface area contributed by atoms with Gasteiger partial charge in [-0.05, 0) is 48.4 Å². The minimum absolute atomic E-state index is 0.0705. The molecule has 1 aromatic heterocycles. The summed E-state index contributed by atoms with van der Waals surface area (Å²) in [6, 6.07) is 5.20. The van der Waals surface area contributed by atoms with Crippen molar-refractivity contribution in [3.8, 4) is 0 Å². The van der Waals surface area contributed by atoms with Crippen LogP contribution < -0.4 is 10.9 Å². The van der Waals surface area contributed by atoms with Gasteiger partial charge in [0.25, 0.3) is 5.91 Å². The van der Waals surface area contributed by atoms with Crippen molar-refractivity contribution >= 4 is 16.7 Å². The van der Waals surface area contributed by atoms with Crippen molar-refractivity contribution < 1.29 is 13.6 Å². The second-order valence-electron chi connectivity index (χ2n) is 5.84. The standard InChI is InChI=1S/C17H18FNO3/c18-13-6-7-14-12(8-13)9-15(22-17(14)21)16(20)19-10-11-4-2-1-3-5-11/h6-9,11H,1-5,10H2,(H,19,20). The van der Waals surface area contributed by atoms with Crippen LogP contribution in [-0.4, -0.2) is 12.5 Å². The molecule has 1 saturated carbocycles. The summed E-state index contributed by atoms with van der Waals surface area (Å²) in [5.41, 5.74) is -0.625. The summed E-state index contributed by atoms with van der Waals surface area (Å²) in [5, 5.41) is 3.45. The molecule has 0 atom stereocenters. The smallest absolute Gasteiger partial charge is 0.344 e. The van der Waals surface area contributed by atoms with Crippen molar-refractivity contribution in [2.75, 3.05) is 6.54 Å². The fourth-order valence-corrected chi connectivity index (χ4v) is 2.99. The van der Waals surface area contributed by atoms with Gasteiger partial charge < -0.3 is 9.73 Å². The molecule has 1 aliphatic rings. The zero-order valence-corrected chi connectivity index (χ0v) is 12.2. The van der Waals surface area contributed by atoms with Crippen molar-refractivity contribution in [3.63, 3.8) is 0 Å². The topological polar surface area (TPSA) is 59.3 Å². The van der Waals surface area contributed by atoms with E-state index in [-0.39, 0.29) is 11.1 Å². The SMILES string of the molecule is O=C(NCC1CCCCC1)c1cc2cc(F)ccc2c(=O)o1. The van der Waals surface area contributed by atoms with Gasteiger partial charge in [-0.25, -0.2) is 9.18 Å². The number of hydrogen-bond acceptors (Lipinski definition) is 3. The predicted octanol–water partition coefficient (Wildman–Crippen LogP) is 3.24. The van der Waals surface area contributed by atoms with E-state index < -0.39 is 17.3 Å². The third-order valence-corrected chi connectivity index (χ3v) is 4.22. The van der Waals surface area contributed by atoms with E-state index in [1.54, 1.807) is 0 Å². The van der Waals surface area contributed by atoms with Gasteiger partial charge in [-0.2, -0.15) is 0 Å². The Bertz CT molecular complexity index is 747. The number of benzene rings is 1. The van der Waals surface area contributed by atoms with Crippen LogP contribution >= 0.6 is 0 Å². The van der Waals surface area contributed by atoms with Gasteiger partial charge in [-0.1, -0.05) is 19.3 Å². The summed E-state index contributed by atoms with van der Waals surface area (Å²) in [7, 11) is 0. The van der Waals surface area contributed by atoms with Gasteiger partial charge in [0.1, 0.15) is 5.82 Å². The lowest BCUT2D eigenvalue weighted by molar-refractivity contribution is 0.0912. The first-order chi connectivity index (χ1) is 10.6. The molecule has 0 bridgehead atoms. The first kappa shape index (κ1) is 14.8. The first-order valence-corrected chi connectivity index (χ1v) is 7.65. The molecular weight excluding hydrogens is 285 g/mol. The van der Waals surface area contributed by atoms with Crippen LogP contribution in [0.15, 0.2) is 33.5 Å². The molecule has 3 rings (SSSR count). The first-order valence-electron chi connectivity index (χ1n) is 7.65.